The summed E-state index contributed by atoms with van der Waals surface area (Å²) in [5.74, 6) is 3.10. The molecule has 0 heterocycles. The molecule has 3 nitrogen and oxygen atoms in total. The van der Waals surface area contributed by atoms with E-state index in [-0.39, 0.29) is 11.5 Å². The highest BCUT2D eigenvalue weighted by Crippen LogP contribution is 2.65. The number of nitrogens with zero attached hydrogens (tertiary/aromatic N) is 1. The van der Waals surface area contributed by atoms with Gasteiger partial charge in [0.2, 0.25) is 0 Å². The molecule has 4 fully saturated rings. The highest BCUT2D eigenvalue weighted by atomic mass is 16.4. The fourth-order valence-corrected chi connectivity index (χ4v) is 7.19. The Hall–Kier alpha value is -1.01. The van der Waals surface area contributed by atoms with Crippen LogP contribution in [0.4, 0.5) is 0 Å². The second kappa shape index (κ2) is 6.37. The molecule has 4 aliphatic carbocycles. The maximum absolute atomic E-state index is 10.1. The van der Waals surface area contributed by atoms with Crippen molar-refractivity contribution in [3.63, 3.8) is 0 Å². The number of rotatable bonds is 0. The lowest BCUT2D eigenvalue weighted by Gasteiger charge is -2.60. The molecule has 7 unspecified atom stereocenters. The predicted molar refractivity (Wildman–Crippen MR) is 96.8 cm³/mol. The summed E-state index contributed by atoms with van der Waals surface area (Å²) in [6, 6.07) is 0. The first kappa shape index (κ1) is 17.8. The predicted octanol–water partition coefficient (Wildman–Crippen LogP) is 4.47. The minimum absolute atomic E-state index is 0.0527. The SMILES string of the molecule is C#C.CC12CCC3C(CCC4CC(O)CCC43C)C1CC/C2=N\O. The van der Waals surface area contributed by atoms with Crippen molar-refractivity contribution in [2.75, 3.05) is 0 Å². The van der Waals surface area contributed by atoms with E-state index < -0.39 is 0 Å². The molecule has 0 aliphatic heterocycles. The van der Waals surface area contributed by atoms with E-state index in [0.29, 0.717) is 5.41 Å². The number of aliphatic hydroxyl groups is 1. The van der Waals surface area contributed by atoms with Crippen LogP contribution in [0.1, 0.15) is 71.6 Å². The van der Waals surface area contributed by atoms with E-state index in [2.05, 4.69) is 31.8 Å². The Balaban J connectivity index is 0.000000815. The largest absolute Gasteiger partial charge is 0.411 e. The second-order valence-corrected chi connectivity index (χ2v) is 9.13. The maximum atomic E-state index is 10.1. The number of hydrogen-bond donors (Lipinski definition) is 2. The molecule has 4 saturated carbocycles. The van der Waals surface area contributed by atoms with Gasteiger partial charge < -0.3 is 10.3 Å². The van der Waals surface area contributed by atoms with Crippen LogP contribution < -0.4 is 0 Å². The van der Waals surface area contributed by atoms with Crippen molar-refractivity contribution < 1.29 is 10.3 Å². The van der Waals surface area contributed by atoms with Crippen LogP contribution in [0, 0.1) is 47.3 Å². The molecule has 3 heteroatoms. The van der Waals surface area contributed by atoms with Crippen LogP contribution in [0.15, 0.2) is 5.16 Å². The van der Waals surface area contributed by atoms with E-state index in [9.17, 15) is 10.3 Å². The Morgan fingerprint density at radius 2 is 1.75 bits per heavy atom. The van der Waals surface area contributed by atoms with Crippen LogP contribution in [0.2, 0.25) is 0 Å². The minimum Gasteiger partial charge on any atom is -0.411 e. The molecule has 4 rings (SSSR count). The van der Waals surface area contributed by atoms with Gasteiger partial charge in [0.25, 0.3) is 0 Å². The van der Waals surface area contributed by atoms with E-state index in [4.69, 9.17) is 0 Å². The number of oxime groups is 1. The van der Waals surface area contributed by atoms with E-state index in [1.165, 1.54) is 38.5 Å². The quantitative estimate of drug-likeness (QED) is 0.391. The Labute approximate surface area is 146 Å². The van der Waals surface area contributed by atoms with Crippen molar-refractivity contribution in [3.05, 3.63) is 0 Å². The summed E-state index contributed by atoms with van der Waals surface area (Å²) < 4.78 is 0. The summed E-state index contributed by atoms with van der Waals surface area (Å²) in [4.78, 5) is 0. The van der Waals surface area contributed by atoms with Crippen molar-refractivity contribution in [1.29, 1.82) is 0 Å². The minimum atomic E-state index is -0.0527. The molecule has 0 aromatic rings. The number of hydrogen-bond acceptors (Lipinski definition) is 3. The van der Waals surface area contributed by atoms with E-state index in [1.807, 2.05) is 0 Å². The molecule has 2 N–H and O–H groups in total. The zero-order valence-electron chi connectivity index (χ0n) is 15.2. The second-order valence-electron chi connectivity index (χ2n) is 9.13. The number of aliphatic hydroxyl groups excluding tert-OH is 1. The van der Waals surface area contributed by atoms with E-state index >= 15 is 0 Å². The molecule has 0 radical (unpaired) electrons. The van der Waals surface area contributed by atoms with E-state index in [1.54, 1.807) is 0 Å². The van der Waals surface area contributed by atoms with Crippen LogP contribution in [-0.2, 0) is 0 Å². The lowest BCUT2D eigenvalue weighted by molar-refractivity contribution is -0.114. The van der Waals surface area contributed by atoms with Crippen LogP contribution in [0.3, 0.4) is 0 Å². The van der Waals surface area contributed by atoms with Crippen molar-refractivity contribution >= 4 is 5.71 Å². The average Bonchev–Trinajstić information content (AvgIpc) is 2.93. The van der Waals surface area contributed by atoms with Crippen molar-refractivity contribution in [2.45, 2.75) is 77.7 Å². The molecule has 7 atom stereocenters. The molecule has 0 bridgehead atoms. The average molecular weight is 332 g/mol. The molecule has 134 valence electrons. The van der Waals surface area contributed by atoms with Gasteiger partial charge in [-0.25, -0.2) is 0 Å². The Morgan fingerprint density at radius 1 is 1.00 bits per heavy atom. The third kappa shape index (κ3) is 2.41. The zero-order valence-corrected chi connectivity index (χ0v) is 15.2. The summed E-state index contributed by atoms with van der Waals surface area (Å²) in [5.41, 5.74) is 1.68. The number of fused-ring (bicyclic) bond motifs is 5. The Morgan fingerprint density at radius 3 is 2.46 bits per heavy atom. The van der Waals surface area contributed by atoms with Crippen LogP contribution in [0.5, 0.6) is 0 Å². The smallest absolute Gasteiger partial charge is 0.0632 e. The highest BCUT2D eigenvalue weighted by molar-refractivity contribution is 5.91. The third-order valence-electron chi connectivity index (χ3n) is 8.50. The van der Waals surface area contributed by atoms with Crippen LogP contribution in [0.25, 0.3) is 0 Å². The first-order chi connectivity index (χ1) is 11.5. The summed E-state index contributed by atoms with van der Waals surface area (Å²) in [7, 11) is 0. The highest BCUT2D eigenvalue weighted by Gasteiger charge is 2.59. The standard InChI is InChI=1S/C19H31NO2.C2H2/c1-18-9-7-13(21)11-12(18)3-4-14-15-5-6-17(20-22)19(15,2)10-8-16(14)18;1-2/h12-16,21-22H,3-11H2,1-2H3;1-2H/b20-17+;. The maximum Gasteiger partial charge on any atom is 0.0632 e. The third-order valence-corrected chi connectivity index (χ3v) is 8.50. The lowest BCUT2D eigenvalue weighted by atomic mass is 9.45. The van der Waals surface area contributed by atoms with Crippen molar-refractivity contribution in [2.24, 2.45) is 39.7 Å². The molecule has 0 amide bonds. The number of terminal acetylenes is 1. The van der Waals surface area contributed by atoms with Crippen LogP contribution >= 0.6 is 0 Å². The molecule has 0 saturated heterocycles. The lowest BCUT2D eigenvalue weighted by Crippen LogP contribution is -2.54. The first-order valence-electron chi connectivity index (χ1n) is 9.72. The summed E-state index contributed by atoms with van der Waals surface area (Å²) in [6.07, 6.45) is 18.5. The summed E-state index contributed by atoms with van der Waals surface area (Å²) in [6.45, 7) is 4.88. The van der Waals surface area contributed by atoms with Gasteiger partial charge in [0, 0.05) is 5.41 Å². The van der Waals surface area contributed by atoms with Gasteiger partial charge in [0.1, 0.15) is 0 Å². The van der Waals surface area contributed by atoms with Gasteiger partial charge in [-0.2, -0.15) is 0 Å². The van der Waals surface area contributed by atoms with Crippen molar-refractivity contribution in [1.82, 2.24) is 0 Å². The van der Waals surface area contributed by atoms with Crippen LogP contribution in [-0.4, -0.2) is 22.1 Å². The molecule has 24 heavy (non-hydrogen) atoms. The Bertz CT molecular complexity index is 527. The molecule has 0 aromatic heterocycles. The fraction of sp³-hybridized carbons (Fsp3) is 0.857. The zero-order chi connectivity index (χ0) is 17.5. The van der Waals surface area contributed by atoms with Gasteiger partial charge in [-0.3, -0.25) is 0 Å². The van der Waals surface area contributed by atoms with Gasteiger partial charge in [0.05, 0.1) is 11.8 Å². The Kier molecular flexibility index (Phi) is 4.73. The van der Waals surface area contributed by atoms with Gasteiger partial charge in [-0.15, -0.1) is 12.8 Å². The topological polar surface area (TPSA) is 52.8 Å². The molecular formula is C21H33NO2. The fourth-order valence-electron chi connectivity index (χ4n) is 7.19. The molecular weight excluding hydrogens is 298 g/mol. The molecule has 0 spiro atoms. The van der Waals surface area contributed by atoms with Gasteiger partial charge in [-0.05, 0) is 86.9 Å². The van der Waals surface area contributed by atoms with Gasteiger partial charge in [0.15, 0.2) is 0 Å². The summed E-state index contributed by atoms with van der Waals surface area (Å²) in [5, 5.41) is 23.1. The van der Waals surface area contributed by atoms with E-state index in [0.717, 1.165) is 48.6 Å². The summed E-state index contributed by atoms with van der Waals surface area (Å²) >= 11 is 0. The molecule has 4 aliphatic rings. The molecule has 0 aromatic carbocycles. The van der Waals surface area contributed by atoms with Gasteiger partial charge >= 0.3 is 0 Å². The monoisotopic (exact) mass is 331 g/mol. The normalized spacial score (nSPS) is 51.7. The van der Waals surface area contributed by atoms with Crippen molar-refractivity contribution in [3.8, 4) is 12.8 Å². The van der Waals surface area contributed by atoms with Gasteiger partial charge in [-0.1, -0.05) is 19.0 Å². The first-order valence-corrected chi connectivity index (χ1v) is 9.72.